The summed E-state index contributed by atoms with van der Waals surface area (Å²) < 4.78 is 0. The third kappa shape index (κ3) is 3.16. The van der Waals surface area contributed by atoms with E-state index in [2.05, 4.69) is 27.7 Å². The van der Waals surface area contributed by atoms with Crippen LogP contribution in [-0.4, -0.2) is 11.6 Å². The van der Waals surface area contributed by atoms with Crippen molar-refractivity contribution in [3.05, 3.63) is 70.8 Å². The molecule has 0 atom stereocenters. The first-order valence-electron chi connectivity index (χ1n) is 7.70. The van der Waals surface area contributed by atoms with Gasteiger partial charge in [-0.25, -0.2) is 0 Å². The quantitative estimate of drug-likeness (QED) is 0.574. The van der Waals surface area contributed by atoms with Crippen molar-refractivity contribution in [1.29, 1.82) is 0 Å². The topological polar surface area (TPSA) is 34.1 Å². The monoisotopic (exact) mass is 294 g/mol. The highest BCUT2D eigenvalue weighted by Gasteiger charge is 2.24. The van der Waals surface area contributed by atoms with Gasteiger partial charge in [0.05, 0.1) is 0 Å². The van der Waals surface area contributed by atoms with Crippen molar-refractivity contribution in [2.45, 2.75) is 39.5 Å². The Balaban J connectivity index is 2.50. The van der Waals surface area contributed by atoms with Gasteiger partial charge < -0.3 is 0 Å². The molecule has 0 aliphatic carbocycles. The summed E-state index contributed by atoms with van der Waals surface area (Å²) in [5.74, 6) is -0.348. The summed E-state index contributed by atoms with van der Waals surface area (Å²) in [5, 5.41) is 0. The average molecular weight is 294 g/mol. The second kappa shape index (κ2) is 6.69. The molecule has 0 saturated carbocycles. The van der Waals surface area contributed by atoms with Crippen molar-refractivity contribution in [3.8, 4) is 0 Å². The SMILES string of the molecule is CC(C)c1cccc(C(=O)C(=O)c2ccccc2)c1C(C)C. The van der Waals surface area contributed by atoms with Gasteiger partial charge in [-0.05, 0) is 23.0 Å². The number of hydrogen-bond acceptors (Lipinski definition) is 2. The maximum Gasteiger partial charge on any atom is 0.233 e. The van der Waals surface area contributed by atoms with Crippen molar-refractivity contribution in [3.63, 3.8) is 0 Å². The molecule has 0 saturated heterocycles. The fourth-order valence-electron chi connectivity index (χ4n) is 2.77. The molecule has 0 aliphatic rings. The number of hydrogen-bond donors (Lipinski definition) is 0. The van der Waals surface area contributed by atoms with Gasteiger partial charge in [-0.15, -0.1) is 0 Å². The number of ketones is 2. The summed E-state index contributed by atoms with van der Waals surface area (Å²) in [6.07, 6.45) is 0. The molecule has 0 amide bonds. The van der Waals surface area contributed by atoms with Crippen molar-refractivity contribution >= 4 is 11.6 Å². The standard InChI is InChI=1S/C20H22O2/c1-13(2)16-11-8-12-17(18(16)14(3)4)20(22)19(21)15-9-6-5-7-10-15/h5-14H,1-4H3. The first-order valence-corrected chi connectivity index (χ1v) is 7.70. The lowest BCUT2D eigenvalue weighted by atomic mass is 9.84. The van der Waals surface area contributed by atoms with E-state index in [-0.39, 0.29) is 5.92 Å². The van der Waals surface area contributed by atoms with Crippen LogP contribution in [0.25, 0.3) is 0 Å². The minimum Gasteiger partial charge on any atom is -0.285 e. The lowest BCUT2D eigenvalue weighted by molar-refractivity contribution is 0.0816. The van der Waals surface area contributed by atoms with Crippen molar-refractivity contribution in [1.82, 2.24) is 0 Å². The first kappa shape index (κ1) is 16.2. The summed E-state index contributed by atoms with van der Waals surface area (Å²) in [4.78, 5) is 25.1. The maximum absolute atomic E-state index is 12.7. The van der Waals surface area contributed by atoms with Crippen molar-refractivity contribution < 1.29 is 9.59 Å². The Kier molecular flexibility index (Phi) is 4.92. The molecule has 0 heterocycles. The molecule has 2 rings (SSSR count). The van der Waals surface area contributed by atoms with Gasteiger partial charge in [-0.3, -0.25) is 9.59 Å². The van der Waals surface area contributed by atoms with Crippen LogP contribution in [0.5, 0.6) is 0 Å². The summed E-state index contributed by atoms with van der Waals surface area (Å²) in [6.45, 7) is 8.33. The fraction of sp³-hybridized carbons (Fsp3) is 0.300. The Morgan fingerprint density at radius 2 is 1.36 bits per heavy atom. The van der Waals surface area contributed by atoms with Crippen LogP contribution in [0.1, 0.15) is 71.4 Å². The van der Waals surface area contributed by atoms with Crippen LogP contribution in [0.4, 0.5) is 0 Å². The third-order valence-electron chi connectivity index (χ3n) is 3.83. The molecule has 114 valence electrons. The van der Waals surface area contributed by atoms with Crippen molar-refractivity contribution in [2.24, 2.45) is 0 Å². The summed E-state index contributed by atoms with van der Waals surface area (Å²) in [7, 11) is 0. The molecule has 2 nitrogen and oxygen atoms in total. The molecule has 2 heteroatoms. The van der Waals surface area contributed by atoms with Crippen LogP contribution in [-0.2, 0) is 0 Å². The highest BCUT2D eigenvalue weighted by Crippen LogP contribution is 2.30. The number of carbonyl (C=O) groups is 2. The van der Waals surface area contributed by atoms with E-state index < -0.39 is 11.6 Å². The maximum atomic E-state index is 12.7. The predicted molar refractivity (Wildman–Crippen MR) is 89.7 cm³/mol. The number of carbonyl (C=O) groups excluding carboxylic acids is 2. The Morgan fingerprint density at radius 3 is 1.91 bits per heavy atom. The van der Waals surface area contributed by atoms with Crippen molar-refractivity contribution in [2.75, 3.05) is 0 Å². The van der Waals surface area contributed by atoms with Gasteiger partial charge in [0.25, 0.3) is 0 Å². The van der Waals surface area contributed by atoms with E-state index in [4.69, 9.17) is 0 Å². The van der Waals surface area contributed by atoms with Crippen LogP contribution < -0.4 is 0 Å². The average Bonchev–Trinajstić information content (AvgIpc) is 2.53. The normalized spacial score (nSPS) is 11.0. The second-order valence-electron chi connectivity index (χ2n) is 6.14. The molecule has 0 N–H and O–H groups in total. The molecule has 0 bridgehead atoms. The molecule has 0 aliphatic heterocycles. The molecular formula is C20H22O2. The minimum atomic E-state index is -0.441. The largest absolute Gasteiger partial charge is 0.285 e. The van der Waals surface area contributed by atoms with Crippen LogP contribution in [0.2, 0.25) is 0 Å². The van der Waals surface area contributed by atoms with Gasteiger partial charge in [0.2, 0.25) is 11.6 Å². The second-order valence-corrected chi connectivity index (χ2v) is 6.14. The zero-order valence-electron chi connectivity index (χ0n) is 13.6. The molecule has 0 aromatic heterocycles. The molecule has 0 radical (unpaired) electrons. The number of rotatable bonds is 5. The highest BCUT2D eigenvalue weighted by atomic mass is 16.2. The Morgan fingerprint density at radius 1 is 0.727 bits per heavy atom. The lowest BCUT2D eigenvalue weighted by Crippen LogP contribution is -2.18. The van der Waals surface area contributed by atoms with Gasteiger partial charge in [0.15, 0.2) is 0 Å². The zero-order chi connectivity index (χ0) is 16.3. The summed E-state index contributed by atoms with van der Waals surface area (Å²) in [5.41, 5.74) is 3.11. The molecular weight excluding hydrogens is 272 g/mol. The minimum absolute atomic E-state index is 0.195. The number of Topliss-reactive ketones (excluding diaryl/α,β-unsaturated/α-hetero) is 2. The van der Waals surface area contributed by atoms with Gasteiger partial charge in [0.1, 0.15) is 0 Å². The van der Waals surface area contributed by atoms with Gasteiger partial charge in [-0.1, -0.05) is 76.2 Å². The molecule has 0 fully saturated rings. The zero-order valence-corrected chi connectivity index (χ0v) is 13.6. The van der Waals surface area contributed by atoms with Gasteiger partial charge in [0, 0.05) is 11.1 Å². The Labute approximate surface area is 132 Å². The molecule has 2 aromatic carbocycles. The highest BCUT2D eigenvalue weighted by molar-refractivity contribution is 6.49. The predicted octanol–water partition coefficient (Wildman–Crippen LogP) is 5.00. The summed E-state index contributed by atoms with van der Waals surface area (Å²) in [6, 6.07) is 14.4. The van der Waals surface area contributed by atoms with Crippen LogP contribution in [0.3, 0.4) is 0 Å². The van der Waals surface area contributed by atoms with E-state index in [1.807, 2.05) is 18.2 Å². The first-order chi connectivity index (χ1) is 10.4. The van der Waals surface area contributed by atoms with E-state index in [0.717, 1.165) is 11.1 Å². The number of benzene rings is 2. The fourth-order valence-corrected chi connectivity index (χ4v) is 2.77. The van der Waals surface area contributed by atoms with Gasteiger partial charge >= 0.3 is 0 Å². The van der Waals surface area contributed by atoms with Crippen LogP contribution in [0.15, 0.2) is 48.5 Å². The van der Waals surface area contributed by atoms with E-state index in [1.165, 1.54) is 0 Å². The lowest BCUT2D eigenvalue weighted by Gasteiger charge is -2.19. The Bertz CT molecular complexity index is 682. The smallest absolute Gasteiger partial charge is 0.233 e. The third-order valence-corrected chi connectivity index (χ3v) is 3.83. The summed E-state index contributed by atoms with van der Waals surface area (Å²) >= 11 is 0. The van der Waals surface area contributed by atoms with Gasteiger partial charge in [-0.2, -0.15) is 0 Å². The Hall–Kier alpha value is -2.22. The van der Waals surface area contributed by atoms with Crippen LogP contribution in [0, 0.1) is 0 Å². The van der Waals surface area contributed by atoms with E-state index >= 15 is 0 Å². The molecule has 22 heavy (non-hydrogen) atoms. The molecule has 0 unspecified atom stereocenters. The van der Waals surface area contributed by atoms with E-state index in [9.17, 15) is 9.59 Å². The van der Waals surface area contributed by atoms with E-state index in [0.29, 0.717) is 17.0 Å². The molecule has 0 spiro atoms. The molecule has 2 aromatic rings. The van der Waals surface area contributed by atoms with Crippen LogP contribution >= 0.6 is 0 Å². The van der Waals surface area contributed by atoms with E-state index in [1.54, 1.807) is 30.3 Å².